The SMILES string of the molecule is COc1ccc(-c2ccco2)cc1-c1c(C=O)ccc(O)c1OC. The van der Waals surface area contributed by atoms with E-state index < -0.39 is 0 Å². The van der Waals surface area contributed by atoms with Gasteiger partial charge in [-0.1, -0.05) is 0 Å². The van der Waals surface area contributed by atoms with E-state index in [1.807, 2.05) is 18.2 Å². The Balaban J connectivity index is 2.31. The first-order chi connectivity index (χ1) is 11.7. The van der Waals surface area contributed by atoms with E-state index in [1.54, 1.807) is 31.6 Å². The number of aldehydes is 1. The van der Waals surface area contributed by atoms with Gasteiger partial charge in [0.25, 0.3) is 0 Å². The Morgan fingerprint density at radius 2 is 1.92 bits per heavy atom. The number of hydrogen-bond donors (Lipinski definition) is 1. The van der Waals surface area contributed by atoms with Gasteiger partial charge in [-0.2, -0.15) is 0 Å². The van der Waals surface area contributed by atoms with E-state index in [9.17, 15) is 9.90 Å². The molecule has 1 aromatic heterocycles. The van der Waals surface area contributed by atoms with Gasteiger partial charge in [0.1, 0.15) is 11.5 Å². The van der Waals surface area contributed by atoms with Gasteiger partial charge in [-0.3, -0.25) is 4.79 Å². The molecule has 0 saturated heterocycles. The molecular formula is C19H16O5. The molecule has 24 heavy (non-hydrogen) atoms. The zero-order chi connectivity index (χ0) is 17.1. The standard InChI is InChI=1S/C19H16O5/c1-22-17-8-6-12(16-4-3-9-24-16)10-14(17)18-13(11-20)5-7-15(21)19(18)23-2/h3-11,21H,1-2H3. The highest BCUT2D eigenvalue weighted by Crippen LogP contribution is 2.44. The van der Waals surface area contributed by atoms with Gasteiger partial charge in [0.05, 0.1) is 20.5 Å². The van der Waals surface area contributed by atoms with E-state index in [1.165, 1.54) is 13.2 Å². The van der Waals surface area contributed by atoms with Crippen LogP contribution in [0.4, 0.5) is 0 Å². The first-order valence-corrected chi connectivity index (χ1v) is 7.27. The molecule has 0 atom stereocenters. The average Bonchev–Trinajstić information content (AvgIpc) is 3.15. The molecule has 0 fully saturated rings. The van der Waals surface area contributed by atoms with Crippen LogP contribution >= 0.6 is 0 Å². The summed E-state index contributed by atoms with van der Waals surface area (Å²) in [6.45, 7) is 0. The van der Waals surface area contributed by atoms with Crippen LogP contribution in [-0.2, 0) is 0 Å². The zero-order valence-electron chi connectivity index (χ0n) is 13.3. The van der Waals surface area contributed by atoms with Gasteiger partial charge in [0, 0.05) is 22.3 Å². The van der Waals surface area contributed by atoms with Gasteiger partial charge in [-0.25, -0.2) is 0 Å². The highest BCUT2D eigenvalue weighted by atomic mass is 16.5. The average molecular weight is 324 g/mol. The summed E-state index contributed by atoms with van der Waals surface area (Å²) in [6, 6.07) is 12.1. The minimum absolute atomic E-state index is 0.0523. The summed E-state index contributed by atoms with van der Waals surface area (Å²) in [6.07, 6.45) is 2.31. The Kier molecular flexibility index (Phi) is 4.24. The van der Waals surface area contributed by atoms with Crippen LogP contribution in [0.1, 0.15) is 10.4 Å². The van der Waals surface area contributed by atoms with Crippen LogP contribution in [0.25, 0.3) is 22.5 Å². The minimum Gasteiger partial charge on any atom is -0.504 e. The highest BCUT2D eigenvalue weighted by Gasteiger charge is 2.20. The molecular weight excluding hydrogens is 308 g/mol. The lowest BCUT2D eigenvalue weighted by atomic mass is 9.95. The van der Waals surface area contributed by atoms with E-state index in [2.05, 4.69) is 0 Å². The maximum Gasteiger partial charge on any atom is 0.169 e. The van der Waals surface area contributed by atoms with Gasteiger partial charge in [-0.15, -0.1) is 0 Å². The summed E-state index contributed by atoms with van der Waals surface area (Å²) in [7, 11) is 2.98. The molecule has 0 aliphatic heterocycles. The van der Waals surface area contributed by atoms with Crippen LogP contribution in [0.5, 0.6) is 17.2 Å². The molecule has 5 nitrogen and oxygen atoms in total. The first kappa shape index (κ1) is 15.7. The van der Waals surface area contributed by atoms with Crippen LogP contribution in [0.2, 0.25) is 0 Å². The molecule has 0 unspecified atom stereocenters. The number of benzene rings is 2. The third-order valence-electron chi connectivity index (χ3n) is 3.77. The summed E-state index contributed by atoms with van der Waals surface area (Å²) in [5.74, 6) is 1.40. The van der Waals surface area contributed by atoms with Crippen LogP contribution in [0, 0.1) is 0 Å². The van der Waals surface area contributed by atoms with Crippen LogP contribution < -0.4 is 9.47 Å². The number of hydrogen-bond acceptors (Lipinski definition) is 5. The fourth-order valence-corrected chi connectivity index (χ4v) is 2.67. The van der Waals surface area contributed by atoms with Crippen molar-refractivity contribution in [1.29, 1.82) is 0 Å². The molecule has 0 aliphatic carbocycles. The van der Waals surface area contributed by atoms with Gasteiger partial charge >= 0.3 is 0 Å². The molecule has 0 spiro atoms. The number of methoxy groups -OCH3 is 2. The van der Waals surface area contributed by atoms with Crippen molar-refractivity contribution in [2.75, 3.05) is 14.2 Å². The molecule has 2 aromatic carbocycles. The summed E-state index contributed by atoms with van der Waals surface area (Å²) >= 11 is 0. The second kappa shape index (κ2) is 6.50. The van der Waals surface area contributed by atoms with Gasteiger partial charge in [0.15, 0.2) is 17.8 Å². The molecule has 0 aliphatic rings. The van der Waals surface area contributed by atoms with Crippen molar-refractivity contribution in [3.05, 3.63) is 54.3 Å². The minimum atomic E-state index is -0.0523. The second-order valence-electron chi connectivity index (χ2n) is 5.09. The predicted molar refractivity (Wildman–Crippen MR) is 89.7 cm³/mol. The fraction of sp³-hybridized carbons (Fsp3) is 0.105. The van der Waals surface area contributed by atoms with Crippen molar-refractivity contribution in [2.45, 2.75) is 0 Å². The highest BCUT2D eigenvalue weighted by molar-refractivity contribution is 5.94. The van der Waals surface area contributed by atoms with Crippen LogP contribution in [0.3, 0.4) is 0 Å². The topological polar surface area (TPSA) is 68.9 Å². The molecule has 1 N–H and O–H groups in total. The monoisotopic (exact) mass is 324 g/mol. The van der Waals surface area contributed by atoms with Crippen molar-refractivity contribution in [2.24, 2.45) is 0 Å². The smallest absolute Gasteiger partial charge is 0.169 e. The predicted octanol–water partition coefficient (Wildman–Crippen LogP) is 4.15. The van der Waals surface area contributed by atoms with Crippen LogP contribution in [-0.4, -0.2) is 25.6 Å². The van der Waals surface area contributed by atoms with Crippen molar-refractivity contribution in [1.82, 2.24) is 0 Å². The van der Waals surface area contributed by atoms with Gasteiger partial charge in [-0.05, 0) is 42.5 Å². The summed E-state index contributed by atoms with van der Waals surface area (Å²) in [5.41, 5.74) is 2.30. The third kappa shape index (κ3) is 2.60. The van der Waals surface area contributed by atoms with E-state index in [-0.39, 0.29) is 11.5 Å². The Morgan fingerprint density at radius 1 is 1.08 bits per heavy atom. The molecule has 0 bridgehead atoms. The number of aromatic hydroxyl groups is 1. The largest absolute Gasteiger partial charge is 0.504 e. The van der Waals surface area contributed by atoms with Crippen molar-refractivity contribution in [3.63, 3.8) is 0 Å². The lowest BCUT2D eigenvalue weighted by Gasteiger charge is -2.16. The molecule has 3 rings (SSSR count). The van der Waals surface area contributed by atoms with E-state index in [0.717, 1.165) is 11.8 Å². The molecule has 0 amide bonds. The number of rotatable bonds is 5. The lowest BCUT2D eigenvalue weighted by Crippen LogP contribution is -1.97. The quantitative estimate of drug-likeness (QED) is 0.714. The van der Waals surface area contributed by atoms with Gasteiger partial charge in [0.2, 0.25) is 0 Å². The molecule has 0 saturated carbocycles. The Morgan fingerprint density at radius 3 is 2.54 bits per heavy atom. The van der Waals surface area contributed by atoms with Crippen molar-refractivity contribution in [3.8, 4) is 39.7 Å². The molecule has 3 aromatic rings. The number of phenolic OH excluding ortho intramolecular Hbond substituents is 1. The number of phenols is 1. The van der Waals surface area contributed by atoms with Crippen LogP contribution in [0.15, 0.2) is 53.1 Å². The maximum absolute atomic E-state index is 11.5. The maximum atomic E-state index is 11.5. The van der Waals surface area contributed by atoms with E-state index in [0.29, 0.717) is 28.2 Å². The molecule has 122 valence electrons. The number of furan rings is 1. The zero-order valence-corrected chi connectivity index (χ0v) is 13.3. The molecule has 1 heterocycles. The van der Waals surface area contributed by atoms with E-state index in [4.69, 9.17) is 13.9 Å². The Bertz CT molecular complexity index is 866. The molecule has 0 radical (unpaired) electrons. The Labute approximate surface area is 139 Å². The summed E-state index contributed by atoms with van der Waals surface area (Å²) < 4.78 is 16.2. The summed E-state index contributed by atoms with van der Waals surface area (Å²) in [5, 5.41) is 10.1. The van der Waals surface area contributed by atoms with Gasteiger partial charge < -0.3 is 19.0 Å². The number of carbonyl (C=O) groups excluding carboxylic acids is 1. The van der Waals surface area contributed by atoms with Crippen molar-refractivity contribution < 1.29 is 23.8 Å². The van der Waals surface area contributed by atoms with E-state index >= 15 is 0 Å². The van der Waals surface area contributed by atoms with Crippen molar-refractivity contribution >= 4 is 6.29 Å². The summed E-state index contributed by atoms with van der Waals surface area (Å²) in [4.78, 5) is 11.5. The number of carbonyl (C=O) groups is 1. The number of ether oxygens (including phenoxy) is 2. The Hall–Kier alpha value is -3.21. The molecule has 5 heteroatoms. The lowest BCUT2D eigenvalue weighted by molar-refractivity contribution is 0.112. The third-order valence-corrected chi connectivity index (χ3v) is 3.77. The fourth-order valence-electron chi connectivity index (χ4n) is 2.67. The normalized spacial score (nSPS) is 10.4. The second-order valence-corrected chi connectivity index (χ2v) is 5.09. The first-order valence-electron chi connectivity index (χ1n) is 7.27.